The molecule has 2 N–H and O–H groups in total. The smallest absolute Gasteiger partial charge is 0.319 e. The minimum Gasteiger partial charge on any atom is -0.508 e. The van der Waals surface area contributed by atoms with Crippen LogP contribution in [0.4, 0.5) is 19.0 Å². The second kappa shape index (κ2) is 10.7. The Morgan fingerprint density at radius 1 is 1.09 bits per heavy atom. The Morgan fingerprint density at radius 3 is 2.71 bits per heavy atom. The van der Waals surface area contributed by atoms with Gasteiger partial charge in [0.2, 0.25) is 0 Å². The molecule has 0 aliphatic carbocycles. The summed E-state index contributed by atoms with van der Waals surface area (Å²) in [6, 6.07) is 7.53. The minimum atomic E-state index is -0.915. The van der Waals surface area contributed by atoms with Crippen molar-refractivity contribution in [2.75, 3.05) is 37.7 Å². The van der Waals surface area contributed by atoms with Gasteiger partial charge in [0.15, 0.2) is 5.82 Å². The normalized spacial score (nSPS) is 26.0. The molecule has 4 aliphatic rings. The van der Waals surface area contributed by atoms with E-state index in [-0.39, 0.29) is 52.9 Å². The molecule has 45 heavy (non-hydrogen) atoms. The molecule has 2 aromatic carbocycles. The van der Waals surface area contributed by atoms with Gasteiger partial charge in [0.1, 0.15) is 47.1 Å². The lowest BCUT2D eigenvalue weighted by molar-refractivity contribution is 0.107. The maximum absolute atomic E-state index is 16.9. The number of nitrogens with zero attached hydrogens (tertiary/aromatic N) is 5. The summed E-state index contributed by atoms with van der Waals surface area (Å²) < 4.78 is 52.1. The van der Waals surface area contributed by atoms with Crippen LogP contribution < -0.4 is 15.0 Å². The zero-order valence-electron chi connectivity index (χ0n) is 24.9. The number of pyridine rings is 1. The van der Waals surface area contributed by atoms with Crippen molar-refractivity contribution < 1.29 is 23.0 Å². The molecule has 4 saturated heterocycles. The molecule has 0 spiro atoms. The van der Waals surface area contributed by atoms with Gasteiger partial charge in [-0.05, 0) is 80.1 Å². The number of hydrogen-bond donors (Lipinski definition) is 2. The standard InChI is InChI=1S/C34H33F3N6O2/c1-2-4-27-28-31(29(37)30(39-27)26-13-24(44)11-19-5-6-20(35)12-25(19)26)40-33(41-32(28)42-16-22-7-8-23(17-42)38-22)45-18-34-9-3-10-43(34)15-21(36)14-34/h5-6,11-13,21-23,38,44H,3,7-10,14-18H2,1H3/t21-,22-,23+,34+/m1/s1. The number of phenols is 1. The Balaban J connectivity index is 1.32. The van der Waals surface area contributed by atoms with Crippen molar-refractivity contribution >= 4 is 27.5 Å². The Bertz CT molecular complexity index is 1900. The summed E-state index contributed by atoms with van der Waals surface area (Å²) >= 11 is 0. The number of piperazine rings is 1. The van der Waals surface area contributed by atoms with Gasteiger partial charge >= 0.3 is 6.01 Å². The van der Waals surface area contributed by atoms with Gasteiger partial charge in [0.05, 0.1) is 10.9 Å². The van der Waals surface area contributed by atoms with E-state index in [0.717, 1.165) is 32.2 Å². The molecule has 2 aromatic heterocycles. The highest BCUT2D eigenvalue weighted by Crippen LogP contribution is 2.42. The molecule has 4 fully saturated rings. The van der Waals surface area contributed by atoms with Crippen molar-refractivity contribution in [2.45, 2.75) is 62.8 Å². The van der Waals surface area contributed by atoms with Crippen molar-refractivity contribution in [1.82, 2.24) is 25.2 Å². The van der Waals surface area contributed by atoms with Crippen LogP contribution in [0.15, 0.2) is 30.3 Å². The third-order valence-electron chi connectivity index (χ3n) is 9.89. The third-order valence-corrected chi connectivity index (χ3v) is 9.89. The summed E-state index contributed by atoms with van der Waals surface area (Å²) in [5.41, 5.74) is -0.0733. The van der Waals surface area contributed by atoms with Gasteiger partial charge in [0, 0.05) is 43.7 Å². The molecule has 0 unspecified atom stereocenters. The van der Waals surface area contributed by atoms with E-state index in [9.17, 15) is 13.9 Å². The number of hydrogen-bond acceptors (Lipinski definition) is 8. The summed E-state index contributed by atoms with van der Waals surface area (Å²) in [7, 11) is 0. The Labute approximate surface area is 258 Å². The van der Waals surface area contributed by atoms with Crippen molar-refractivity contribution in [3.63, 3.8) is 0 Å². The van der Waals surface area contributed by atoms with Crippen LogP contribution in [0.2, 0.25) is 0 Å². The van der Waals surface area contributed by atoms with Gasteiger partial charge in [-0.2, -0.15) is 9.97 Å². The molecule has 8 rings (SSSR count). The predicted molar refractivity (Wildman–Crippen MR) is 165 cm³/mol. The van der Waals surface area contributed by atoms with Crippen LogP contribution in [0, 0.1) is 23.5 Å². The number of alkyl halides is 1. The molecular formula is C34H33F3N6O2. The third kappa shape index (κ3) is 4.82. The van der Waals surface area contributed by atoms with Crippen LogP contribution >= 0.6 is 0 Å². The van der Waals surface area contributed by atoms with E-state index in [2.05, 4.69) is 36.9 Å². The first-order valence-corrected chi connectivity index (χ1v) is 15.6. The molecule has 0 saturated carbocycles. The SMILES string of the molecule is CC#Cc1nc(-c2cc(O)cc3ccc(F)cc23)c(F)c2nc(OC[C@@]34CCCN3C[C@H](F)C4)nc(N3C[C@H]4CC[C@@H](C3)N4)c12. The summed E-state index contributed by atoms with van der Waals surface area (Å²) in [5, 5.41) is 15.5. The van der Waals surface area contributed by atoms with Crippen LogP contribution in [0.1, 0.15) is 44.7 Å². The first-order valence-electron chi connectivity index (χ1n) is 15.6. The number of ether oxygens (including phenoxy) is 1. The average Bonchev–Trinajstić information content (AvgIpc) is 3.67. The lowest BCUT2D eigenvalue weighted by Gasteiger charge is -2.35. The highest BCUT2D eigenvalue weighted by atomic mass is 19.1. The number of halogens is 3. The van der Waals surface area contributed by atoms with Gasteiger partial charge in [-0.25, -0.2) is 18.2 Å². The fraction of sp³-hybridized carbons (Fsp3) is 0.441. The van der Waals surface area contributed by atoms with Crippen LogP contribution in [-0.2, 0) is 0 Å². The zero-order chi connectivity index (χ0) is 30.9. The number of phenolic OH excluding ortho intramolecular Hbond substituents is 1. The Morgan fingerprint density at radius 2 is 1.91 bits per heavy atom. The maximum Gasteiger partial charge on any atom is 0.319 e. The molecule has 232 valence electrons. The fourth-order valence-electron chi connectivity index (χ4n) is 7.94. The molecule has 4 aromatic rings. The van der Waals surface area contributed by atoms with Crippen LogP contribution in [-0.4, -0.2) is 81.5 Å². The number of benzene rings is 2. The summed E-state index contributed by atoms with van der Waals surface area (Å²) in [5.74, 6) is 5.06. The second-order valence-corrected chi connectivity index (χ2v) is 12.8. The van der Waals surface area contributed by atoms with E-state index in [1.165, 1.54) is 30.3 Å². The van der Waals surface area contributed by atoms with E-state index < -0.39 is 23.3 Å². The molecule has 11 heteroatoms. The summed E-state index contributed by atoms with van der Waals surface area (Å²) in [6.45, 7) is 4.41. The van der Waals surface area contributed by atoms with Gasteiger partial charge < -0.3 is 20.1 Å². The first kappa shape index (κ1) is 28.3. The Kier molecular flexibility index (Phi) is 6.76. The molecule has 0 amide bonds. The van der Waals surface area contributed by atoms with Crippen molar-refractivity contribution in [3.8, 4) is 34.9 Å². The van der Waals surface area contributed by atoms with Crippen LogP contribution in [0.25, 0.3) is 32.9 Å². The number of anilines is 1. The van der Waals surface area contributed by atoms with Crippen LogP contribution in [0.3, 0.4) is 0 Å². The van der Waals surface area contributed by atoms with Crippen molar-refractivity contribution in [2.24, 2.45) is 0 Å². The van der Waals surface area contributed by atoms with Gasteiger partial charge in [0.25, 0.3) is 0 Å². The zero-order valence-corrected chi connectivity index (χ0v) is 24.9. The van der Waals surface area contributed by atoms with Crippen LogP contribution in [0.5, 0.6) is 11.8 Å². The fourth-order valence-corrected chi connectivity index (χ4v) is 7.94. The molecule has 4 aliphatic heterocycles. The monoisotopic (exact) mass is 614 g/mol. The van der Waals surface area contributed by atoms with E-state index in [1.807, 2.05) is 0 Å². The highest BCUT2D eigenvalue weighted by Gasteiger charge is 2.49. The molecule has 0 radical (unpaired) electrons. The van der Waals surface area contributed by atoms with E-state index in [0.29, 0.717) is 48.0 Å². The van der Waals surface area contributed by atoms with Gasteiger partial charge in [-0.1, -0.05) is 12.0 Å². The van der Waals surface area contributed by atoms with Crippen molar-refractivity contribution in [1.29, 1.82) is 0 Å². The van der Waals surface area contributed by atoms with E-state index in [4.69, 9.17) is 9.72 Å². The lowest BCUT2D eigenvalue weighted by atomic mass is 9.95. The average molecular weight is 615 g/mol. The number of nitrogens with one attached hydrogen (secondary N) is 1. The number of aromatic hydroxyl groups is 1. The van der Waals surface area contributed by atoms with E-state index in [1.54, 1.807) is 6.92 Å². The Hall–Kier alpha value is -4.14. The molecule has 8 nitrogen and oxygen atoms in total. The predicted octanol–water partition coefficient (Wildman–Crippen LogP) is 5.10. The number of rotatable bonds is 5. The van der Waals surface area contributed by atoms with E-state index >= 15 is 4.39 Å². The largest absolute Gasteiger partial charge is 0.508 e. The van der Waals surface area contributed by atoms with Gasteiger partial charge in [-0.15, -0.1) is 0 Å². The quantitative estimate of drug-likeness (QED) is 0.301. The molecular weight excluding hydrogens is 581 g/mol. The number of fused-ring (bicyclic) bond motifs is 5. The minimum absolute atomic E-state index is 0.00480. The molecule has 2 bridgehead atoms. The maximum atomic E-state index is 16.9. The molecule has 6 heterocycles. The number of aromatic nitrogens is 3. The summed E-state index contributed by atoms with van der Waals surface area (Å²) in [6.07, 6.45) is 3.32. The molecule has 4 atom stereocenters. The topological polar surface area (TPSA) is 86.6 Å². The second-order valence-electron chi connectivity index (χ2n) is 12.8. The highest BCUT2D eigenvalue weighted by molar-refractivity contribution is 6.01. The lowest BCUT2D eigenvalue weighted by Crippen LogP contribution is -2.51. The summed E-state index contributed by atoms with van der Waals surface area (Å²) in [4.78, 5) is 18.4. The van der Waals surface area contributed by atoms with Crippen molar-refractivity contribution in [3.05, 3.63) is 47.7 Å². The van der Waals surface area contributed by atoms with Gasteiger partial charge in [-0.3, -0.25) is 4.90 Å². The first-order chi connectivity index (χ1) is 21.8.